The minimum absolute atomic E-state index is 0.113. The van der Waals surface area contributed by atoms with E-state index in [4.69, 9.17) is 10.5 Å². The fourth-order valence-electron chi connectivity index (χ4n) is 3.52. The third-order valence-electron chi connectivity index (χ3n) is 5.03. The summed E-state index contributed by atoms with van der Waals surface area (Å²) < 4.78 is 19.0. The molecule has 3 N–H and O–H groups in total. The molecule has 0 bridgehead atoms. The highest BCUT2D eigenvalue weighted by Crippen LogP contribution is 2.28. The number of rotatable bonds is 4. The Bertz CT molecular complexity index is 608. The lowest BCUT2D eigenvalue weighted by molar-refractivity contribution is -0.123. The third kappa shape index (κ3) is 4.28. The van der Waals surface area contributed by atoms with Gasteiger partial charge in [-0.15, -0.1) is 0 Å². The molecule has 0 spiro atoms. The monoisotopic (exact) mass is 349 g/mol. The highest BCUT2D eigenvalue weighted by atomic mass is 19.1. The van der Waals surface area contributed by atoms with Gasteiger partial charge in [0.05, 0.1) is 12.1 Å². The van der Waals surface area contributed by atoms with Crippen molar-refractivity contribution in [3.8, 4) is 0 Å². The van der Waals surface area contributed by atoms with Gasteiger partial charge in [-0.3, -0.25) is 4.79 Å². The average Bonchev–Trinajstić information content (AvgIpc) is 3.15. The van der Waals surface area contributed by atoms with E-state index in [0.29, 0.717) is 32.5 Å². The molecular weight excluding hydrogens is 325 g/mol. The molecule has 3 amide bonds. The Morgan fingerprint density at radius 1 is 1.20 bits per heavy atom. The summed E-state index contributed by atoms with van der Waals surface area (Å²) in [5.74, 6) is -0.770. The standard InChI is InChI=1S/C18H24FN3O3/c19-14-5-3-12(4-6-14)16(15-2-1-11-25-15)21-18(24)22-9-7-13(8-10-22)17(20)23/h3-6,13,15-16H,1-2,7-11H2,(H2,20,23)(H,21,24)/t15-,16+/m0/s1. The second-order valence-corrected chi connectivity index (χ2v) is 6.69. The maximum atomic E-state index is 13.2. The van der Waals surface area contributed by atoms with Gasteiger partial charge >= 0.3 is 6.03 Å². The van der Waals surface area contributed by atoms with Crippen molar-refractivity contribution in [1.82, 2.24) is 10.2 Å². The number of hydrogen-bond acceptors (Lipinski definition) is 3. The van der Waals surface area contributed by atoms with E-state index < -0.39 is 0 Å². The predicted molar refractivity (Wildman–Crippen MR) is 90.1 cm³/mol. The van der Waals surface area contributed by atoms with Crippen LogP contribution in [0.5, 0.6) is 0 Å². The van der Waals surface area contributed by atoms with Gasteiger partial charge < -0.3 is 20.7 Å². The SMILES string of the molecule is NC(=O)C1CCN(C(=O)N[C@H](c2ccc(F)cc2)[C@@H]2CCCO2)CC1. The van der Waals surface area contributed by atoms with Crippen LogP contribution in [0.1, 0.15) is 37.3 Å². The van der Waals surface area contributed by atoms with E-state index in [9.17, 15) is 14.0 Å². The van der Waals surface area contributed by atoms with Crippen molar-refractivity contribution in [3.63, 3.8) is 0 Å². The van der Waals surface area contributed by atoms with Gasteiger partial charge in [-0.05, 0) is 43.4 Å². The Labute approximate surface area is 146 Å². The first-order valence-corrected chi connectivity index (χ1v) is 8.76. The molecule has 1 aromatic carbocycles. The molecule has 0 saturated carbocycles. The molecule has 2 aliphatic heterocycles. The van der Waals surface area contributed by atoms with Gasteiger partial charge in [0.25, 0.3) is 0 Å². The van der Waals surface area contributed by atoms with Crippen LogP contribution in [-0.2, 0) is 9.53 Å². The number of ether oxygens (including phenoxy) is 1. The molecular formula is C18H24FN3O3. The summed E-state index contributed by atoms with van der Waals surface area (Å²) in [6.45, 7) is 1.67. The number of piperidine rings is 1. The van der Waals surface area contributed by atoms with Crippen LogP contribution in [0.3, 0.4) is 0 Å². The number of nitrogens with two attached hydrogens (primary N) is 1. The fraction of sp³-hybridized carbons (Fsp3) is 0.556. The van der Waals surface area contributed by atoms with Gasteiger partial charge in [0.15, 0.2) is 0 Å². The van der Waals surface area contributed by atoms with Gasteiger partial charge in [-0.1, -0.05) is 12.1 Å². The molecule has 2 aliphatic rings. The van der Waals surface area contributed by atoms with Crippen LogP contribution in [0.15, 0.2) is 24.3 Å². The number of likely N-dealkylation sites (tertiary alicyclic amines) is 1. The number of amides is 3. The minimum atomic E-state index is -0.315. The Kier molecular flexibility index (Phi) is 5.53. The number of primary amides is 1. The number of urea groups is 1. The molecule has 2 atom stereocenters. The first-order chi connectivity index (χ1) is 12.0. The number of benzene rings is 1. The quantitative estimate of drug-likeness (QED) is 0.871. The second kappa shape index (κ2) is 7.82. The highest BCUT2D eigenvalue weighted by molar-refractivity contribution is 5.78. The summed E-state index contributed by atoms with van der Waals surface area (Å²) in [5.41, 5.74) is 6.16. The van der Waals surface area contributed by atoms with Gasteiger partial charge in [0, 0.05) is 25.6 Å². The molecule has 1 aromatic rings. The van der Waals surface area contributed by atoms with Crippen molar-refractivity contribution in [2.45, 2.75) is 37.8 Å². The summed E-state index contributed by atoms with van der Waals surface area (Å²) in [6, 6.07) is 5.64. The topological polar surface area (TPSA) is 84.7 Å². The number of nitrogens with zero attached hydrogens (tertiary/aromatic N) is 1. The normalized spacial score (nSPS) is 22.6. The van der Waals surface area contributed by atoms with Crippen LogP contribution in [0.25, 0.3) is 0 Å². The van der Waals surface area contributed by atoms with Gasteiger partial charge in [-0.2, -0.15) is 0 Å². The summed E-state index contributed by atoms with van der Waals surface area (Å²) >= 11 is 0. The van der Waals surface area contributed by atoms with Crippen molar-refractivity contribution < 1.29 is 18.7 Å². The fourth-order valence-corrected chi connectivity index (χ4v) is 3.52. The van der Waals surface area contributed by atoms with E-state index in [-0.39, 0.29) is 35.8 Å². The van der Waals surface area contributed by atoms with Crippen LogP contribution in [-0.4, -0.2) is 42.6 Å². The van der Waals surface area contributed by atoms with E-state index in [1.165, 1.54) is 12.1 Å². The van der Waals surface area contributed by atoms with Crippen LogP contribution in [0.4, 0.5) is 9.18 Å². The Hall–Kier alpha value is -2.15. The second-order valence-electron chi connectivity index (χ2n) is 6.69. The largest absolute Gasteiger partial charge is 0.376 e. The average molecular weight is 349 g/mol. The van der Waals surface area contributed by atoms with E-state index >= 15 is 0 Å². The van der Waals surface area contributed by atoms with E-state index in [1.54, 1.807) is 17.0 Å². The summed E-state index contributed by atoms with van der Waals surface area (Å²) in [7, 11) is 0. The molecule has 2 heterocycles. The highest BCUT2D eigenvalue weighted by Gasteiger charge is 2.32. The van der Waals surface area contributed by atoms with Gasteiger partial charge in [-0.25, -0.2) is 9.18 Å². The molecule has 0 aromatic heterocycles. The number of halogens is 1. The number of nitrogens with one attached hydrogen (secondary N) is 1. The Morgan fingerprint density at radius 3 is 2.44 bits per heavy atom. The predicted octanol–water partition coefficient (Wildman–Crippen LogP) is 1.95. The van der Waals surface area contributed by atoms with Gasteiger partial charge in [0.2, 0.25) is 5.91 Å². The van der Waals surface area contributed by atoms with E-state index in [2.05, 4.69) is 5.32 Å². The summed E-state index contributed by atoms with van der Waals surface area (Å²) in [5, 5.41) is 3.03. The van der Waals surface area contributed by atoms with Crippen LogP contribution in [0, 0.1) is 11.7 Å². The Morgan fingerprint density at radius 2 is 1.88 bits per heavy atom. The van der Waals surface area contributed by atoms with Crippen molar-refractivity contribution in [3.05, 3.63) is 35.6 Å². The van der Waals surface area contributed by atoms with E-state index in [1.807, 2.05) is 0 Å². The molecule has 6 nitrogen and oxygen atoms in total. The summed E-state index contributed by atoms with van der Waals surface area (Å²) in [4.78, 5) is 25.6. The lowest BCUT2D eigenvalue weighted by atomic mass is 9.96. The van der Waals surface area contributed by atoms with Crippen molar-refractivity contribution in [1.29, 1.82) is 0 Å². The Balaban J connectivity index is 1.66. The zero-order chi connectivity index (χ0) is 17.8. The molecule has 0 aliphatic carbocycles. The molecule has 3 rings (SSSR count). The van der Waals surface area contributed by atoms with Crippen LogP contribution >= 0.6 is 0 Å². The smallest absolute Gasteiger partial charge is 0.317 e. The lowest BCUT2D eigenvalue weighted by Gasteiger charge is -2.33. The van der Waals surface area contributed by atoms with Gasteiger partial charge in [0.1, 0.15) is 5.82 Å². The van der Waals surface area contributed by atoms with Crippen molar-refractivity contribution in [2.24, 2.45) is 11.7 Å². The van der Waals surface area contributed by atoms with E-state index in [0.717, 1.165) is 18.4 Å². The first kappa shape index (κ1) is 17.7. The first-order valence-electron chi connectivity index (χ1n) is 8.76. The molecule has 2 saturated heterocycles. The summed E-state index contributed by atoms with van der Waals surface area (Å²) in [6.07, 6.45) is 2.86. The van der Waals surface area contributed by atoms with Crippen LogP contribution in [0.2, 0.25) is 0 Å². The molecule has 0 unspecified atom stereocenters. The number of hydrogen-bond donors (Lipinski definition) is 2. The van der Waals surface area contributed by atoms with Crippen molar-refractivity contribution in [2.75, 3.05) is 19.7 Å². The maximum Gasteiger partial charge on any atom is 0.317 e. The molecule has 25 heavy (non-hydrogen) atoms. The third-order valence-corrected chi connectivity index (χ3v) is 5.03. The van der Waals surface area contributed by atoms with Crippen LogP contribution < -0.4 is 11.1 Å². The minimum Gasteiger partial charge on any atom is -0.376 e. The number of carbonyl (C=O) groups is 2. The van der Waals surface area contributed by atoms with Crippen molar-refractivity contribution >= 4 is 11.9 Å². The lowest BCUT2D eigenvalue weighted by Crippen LogP contribution is -2.48. The zero-order valence-corrected chi connectivity index (χ0v) is 14.1. The molecule has 136 valence electrons. The maximum absolute atomic E-state index is 13.2. The molecule has 0 radical (unpaired) electrons. The zero-order valence-electron chi connectivity index (χ0n) is 14.1. The number of carbonyl (C=O) groups excluding carboxylic acids is 2. The molecule has 7 heteroatoms. The molecule has 2 fully saturated rings.